The van der Waals surface area contributed by atoms with Crippen LogP contribution in [0.5, 0.6) is 6.01 Å². The normalized spacial score (nSPS) is 24.7. The lowest BCUT2D eigenvalue weighted by Gasteiger charge is -2.48. The SMILES string of the molecule is N#Cc1c(N)sc2c1C1(CC2)CN(c2nc(OCC3(CN4CCOCC4)CC3)nc(N3CCCC(C#N)C3)n2)C1. The smallest absolute Gasteiger partial charge is 0.323 e. The average molecular weight is 562 g/mol. The standard InChI is InChI=1S/C28H35N9O2S/c29-12-19-2-1-7-36(14-19)24-32-25(37-16-28(17-37)4-3-21-22(28)20(13-30)23(31)40-21)34-26(33-24)39-18-27(5-6-27)15-35-8-10-38-11-9-35/h19H,1-11,14-18,31H2. The second-order valence-corrected chi connectivity index (χ2v) is 13.3. The molecule has 1 unspecified atom stereocenters. The average Bonchev–Trinajstić information content (AvgIpc) is 3.51. The number of anilines is 3. The molecule has 3 saturated heterocycles. The first-order valence-electron chi connectivity index (χ1n) is 14.4. The fraction of sp³-hybridized carbons (Fsp3) is 0.679. The minimum absolute atomic E-state index is 0.0285. The van der Waals surface area contributed by atoms with Gasteiger partial charge in [-0.2, -0.15) is 25.5 Å². The summed E-state index contributed by atoms with van der Waals surface area (Å²) in [6, 6.07) is 5.13. The zero-order valence-electron chi connectivity index (χ0n) is 22.8. The highest BCUT2D eigenvalue weighted by Gasteiger charge is 2.52. The number of nitrogen functional groups attached to an aromatic ring is 1. The van der Waals surface area contributed by atoms with Crippen molar-refractivity contribution < 1.29 is 9.47 Å². The molecule has 2 aromatic rings. The van der Waals surface area contributed by atoms with Crippen LogP contribution in [0.4, 0.5) is 16.9 Å². The monoisotopic (exact) mass is 561 g/mol. The second-order valence-electron chi connectivity index (χ2n) is 12.2. The van der Waals surface area contributed by atoms with Crippen LogP contribution >= 0.6 is 11.3 Å². The Morgan fingerprint density at radius 2 is 1.82 bits per heavy atom. The van der Waals surface area contributed by atoms with Crippen LogP contribution in [0.15, 0.2) is 0 Å². The number of fused-ring (bicyclic) bond motifs is 2. The lowest BCUT2D eigenvalue weighted by Crippen LogP contribution is -2.59. The Morgan fingerprint density at radius 3 is 2.55 bits per heavy atom. The predicted molar refractivity (Wildman–Crippen MR) is 150 cm³/mol. The Morgan fingerprint density at radius 1 is 1.05 bits per heavy atom. The highest BCUT2D eigenvalue weighted by molar-refractivity contribution is 7.16. The molecule has 1 saturated carbocycles. The van der Waals surface area contributed by atoms with Crippen molar-refractivity contribution >= 4 is 28.2 Å². The van der Waals surface area contributed by atoms with E-state index in [1.54, 1.807) is 11.3 Å². The number of thiophene rings is 1. The van der Waals surface area contributed by atoms with Gasteiger partial charge in [0.1, 0.15) is 11.1 Å². The van der Waals surface area contributed by atoms with Gasteiger partial charge in [-0.15, -0.1) is 11.3 Å². The van der Waals surface area contributed by atoms with Crippen LogP contribution in [0, 0.1) is 34.0 Å². The number of hydrogen-bond donors (Lipinski definition) is 1. The van der Waals surface area contributed by atoms with Crippen LogP contribution in [0.3, 0.4) is 0 Å². The molecule has 12 heteroatoms. The summed E-state index contributed by atoms with van der Waals surface area (Å²) in [5.74, 6) is 1.17. The third-order valence-electron chi connectivity index (χ3n) is 9.36. The lowest BCUT2D eigenvalue weighted by molar-refractivity contribution is 0.0231. The highest BCUT2D eigenvalue weighted by atomic mass is 32.1. The number of nitrogens with two attached hydrogens (primary N) is 1. The van der Waals surface area contributed by atoms with E-state index < -0.39 is 0 Å². The molecule has 0 radical (unpaired) electrons. The quantitative estimate of drug-likeness (QED) is 0.532. The first-order chi connectivity index (χ1) is 19.5. The van der Waals surface area contributed by atoms with Crippen LogP contribution in [-0.4, -0.2) is 85.5 Å². The van der Waals surface area contributed by atoms with E-state index in [4.69, 9.17) is 30.2 Å². The number of piperidine rings is 1. The summed E-state index contributed by atoms with van der Waals surface area (Å²) in [5, 5.41) is 20.0. The van der Waals surface area contributed by atoms with Gasteiger partial charge in [0.15, 0.2) is 0 Å². The summed E-state index contributed by atoms with van der Waals surface area (Å²) >= 11 is 1.56. The zero-order valence-corrected chi connectivity index (χ0v) is 23.6. The first kappa shape index (κ1) is 25.8. The van der Waals surface area contributed by atoms with Gasteiger partial charge >= 0.3 is 6.01 Å². The van der Waals surface area contributed by atoms with Gasteiger partial charge in [0.25, 0.3) is 0 Å². The topological polar surface area (TPSA) is 140 Å². The molecule has 1 spiro atoms. The Bertz CT molecular complexity index is 1360. The number of aryl methyl sites for hydroxylation is 1. The van der Waals surface area contributed by atoms with Gasteiger partial charge in [0, 0.05) is 61.5 Å². The number of nitriles is 2. The summed E-state index contributed by atoms with van der Waals surface area (Å²) in [6.07, 6.45) is 6.11. The van der Waals surface area contributed by atoms with Gasteiger partial charge in [-0.25, -0.2) is 0 Å². The summed E-state index contributed by atoms with van der Waals surface area (Å²) in [6.45, 7) is 8.05. The van der Waals surface area contributed by atoms with E-state index in [9.17, 15) is 10.5 Å². The Labute approximate surface area is 238 Å². The van der Waals surface area contributed by atoms with Crippen molar-refractivity contribution in [2.75, 3.05) is 81.2 Å². The molecule has 7 rings (SSSR count). The zero-order chi connectivity index (χ0) is 27.3. The van der Waals surface area contributed by atoms with Gasteiger partial charge in [-0.05, 0) is 44.1 Å². The maximum atomic E-state index is 9.77. The molecular weight excluding hydrogens is 526 g/mol. The third-order valence-corrected chi connectivity index (χ3v) is 10.4. The van der Waals surface area contributed by atoms with Gasteiger partial charge in [0.05, 0.1) is 37.4 Å². The Hall–Kier alpha value is -3.19. The molecule has 1 atom stereocenters. The maximum Gasteiger partial charge on any atom is 0.323 e. The van der Waals surface area contributed by atoms with E-state index in [1.165, 1.54) is 4.88 Å². The summed E-state index contributed by atoms with van der Waals surface area (Å²) in [5.41, 5.74) is 8.06. The Kier molecular flexibility index (Phi) is 6.45. The largest absolute Gasteiger partial charge is 0.463 e. The van der Waals surface area contributed by atoms with E-state index in [0.29, 0.717) is 41.6 Å². The van der Waals surface area contributed by atoms with Crippen LogP contribution in [0.25, 0.3) is 0 Å². The molecule has 5 aliphatic rings. The fourth-order valence-electron chi connectivity index (χ4n) is 6.89. The van der Waals surface area contributed by atoms with Crippen molar-refractivity contribution in [3.63, 3.8) is 0 Å². The molecule has 3 aliphatic heterocycles. The van der Waals surface area contributed by atoms with Crippen LogP contribution in [-0.2, 0) is 16.6 Å². The van der Waals surface area contributed by atoms with Crippen molar-refractivity contribution in [1.82, 2.24) is 19.9 Å². The minimum Gasteiger partial charge on any atom is -0.463 e. The van der Waals surface area contributed by atoms with E-state index in [-0.39, 0.29) is 16.7 Å². The van der Waals surface area contributed by atoms with Crippen LogP contribution in [0.1, 0.15) is 48.1 Å². The van der Waals surface area contributed by atoms with Crippen molar-refractivity contribution in [3.05, 3.63) is 16.0 Å². The fourth-order valence-corrected chi connectivity index (χ4v) is 8.03. The molecule has 2 aliphatic carbocycles. The molecule has 0 bridgehead atoms. The molecule has 0 aromatic carbocycles. The van der Waals surface area contributed by atoms with Crippen molar-refractivity contribution in [1.29, 1.82) is 10.5 Å². The molecule has 5 heterocycles. The molecule has 210 valence electrons. The number of hydrogen-bond acceptors (Lipinski definition) is 12. The number of nitrogens with zero attached hydrogens (tertiary/aromatic N) is 8. The highest BCUT2D eigenvalue weighted by Crippen LogP contribution is 2.52. The molecule has 11 nitrogen and oxygen atoms in total. The maximum absolute atomic E-state index is 9.77. The van der Waals surface area contributed by atoms with E-state index >= 15 is 0 Å². The first-order valence-corrected chi connectivity index (χ1v) is 15.2. The number of ether oxygens (including phenoxy) is 2. The molecule has 2 aromatic heterocycles. The minimum atomic E-state index is -0.0738. The van der Waals surface area contributed by atoms with Crippen molar-refractivity contribution in [2.24, 2.45) is 11.3 Å². The molecule has 2 N–H and O–H groups in total. The molecule has 4 fully saturated rings. The van der Waals surface area contributed by atoms with E-state index in [1.807, 2.05) is 0 Å². The molecular formula is C28H35N9O2S. The van der Waals surface area contributed by atoms with Crippen LogP contribution in [0.2, 0.25) is 0 Å². The summed E-state index contributed by atoms with van der Waals surface area (Å²) in [4.78, 5) is 22.4. The van der Waals surface area contributed by atoms with E-state index in [2.05, 4.69) is 26.8 Å². The number of aromatic nitrogens is 3. The van der Waals surface area contributed by atoms with Crippen LogP contribution < -0.4 is 20.3 Å². The number of morpholine rings is 1. The van der Waals surface area contributed by atoms with Gasteiger partial charge < -0.3 is 25.0 Å². The molecule has 0 amide bonds. The second kappa shape index (κ2) is 10.0. The summed E-state index contributed by atoms with van der Waals surface area (Å²) < 4.78 is 11.9. The molecule has 40 heavy (non-hydrogen) atoms. The lowest BCUT2D eigenvalue weighted by atomic mass is 9.74. The van der Waals surface area contributed by atoms with Gasteiger partial charge in [-0.1, -0.05) is 0 Å². The predicted octanol–water partition coefficient (Wildman–Crippen LogP) is 2.32. The van der Waals surface area contributed by atoms with E-state index in [0.717, 1.165) is 96.6 Å². The van der Waals surface area contributed by atoms with Crippen molar-refractivity contribution in [2.45, 2.75) is 43.9 Å². The van der Waals surface area contributed by atoms with Gasteiger partial charge in [-0.3, -0.25) is 4.90 Å². The number of rotatable bonds is 7. The third kappa shape index (κ3) is 4.62. The summed E-state index contributed by atoms with van der Waals surface area (Å²) in [7, 11) is 0. The Balaban J connectivity index is 1.12. The van der Waals surface area contributed by atoms with Crippen molar-refractivity contribution in [3.8, 4) is 18.1 Å². The van der Waals surface area contributed by atoms with Gasteiger partial charge in [0.2, 0.25) is 11.9 Å².